The first-order chi connectivity index (χ1) is 17.2. The maximum absolute atomic E-state index is 13.0. The molecule has 8 heteroatoms. The minimum atomic E-state index is -0.290. The molecule has 0 unspecified atom stereocenters. The van der Waals surface area contributed by atoms with Crippen LogP contribution in [0.25, 0.3) is 28.2 Å². The van der Waals surface area contributed by atoms with E-state index >= 15 is 0 Å². The van der Waals surface area contributed by atoms with Crippen LogP contribution < -0.4 is 5.32 Å². The molecule has 35 heavy (non-hydrogen) atoms. The molecule has 0 spiro atoms. The van der Waals surface area contributed by atoms with E-state index in [1.54, 1.807) is 31.0 Å². The smallest absolute Gasteiger partial charge is 0.274 e. The fraction of sp³-hybridized carbons (Fsp3) is 0.111. The second kappa shape index (κ2) is 8.90. The lowest BCUT2D eigenvalue weighted by molar-refractivity contribution is 0.102. The Morgan fingerprint density at radius 1 is 0.886 bits per heavy atom. The van der Waals surface area contributed by atoms with Crippen LogP contribution in [0, 0.1) is 0 Å². The van der Waals surface area contributed by atoms with Crippen LogP contribution in [-0.2, 0) is 0 Å². The fourth-order valence-electron chi connectivity index (χ4n) is 3.99. The highest BCUT2D eigenvalue weighted by atomic mass is 16.1. The monoisotopic (exact) mass is 459 g/mol. The number of hydrogen-bond acceptors (Lipinski definition) is 6. The predicted octanol–water partition coefficient (Wildman–Crippen LogP) is 4.92. The van der Waals surface area contributed by atoms with E-state index in [1.165, 1.54) is 12.8 Å². The van der Waals surface area contributed by atoms with Crippen LogP contribution in [0.15, 0.2) is 91.8 Å². The Labute approximate surface area is 201 Å². The largest absolute Gasteiger partial charge is 0.321 e. The third-order valence-electron chi connectivity index (χ3n) is 5.98. The van der Waals surface area contributed by atoms with Gasteiger partial charge in [-0.2, -0.15) is 0 Å². The molecular formula is C27H21N7O. The highest BCUT2D eigenvalue weighted by Crippen LogP contribution is 2.39. The Morgan fingerprint density at radius 3 is 2.57 bits per heavy atom. The minimum Gasteiger partial charge on any atom is -0.321 e. The van der Waals surface area contributed by atoms with Crippen LogP contribution in [0.2, 0.25) is 0 Å². The SMILES string of the molecule is O=C(Nc1cccc(-c2nncn2-c2ccncc2)c1)c1cc(-c2ccc(C3CC3)nc2)ccn1. The van der Waals surface area contributed by atoms with Crippen LogP contribution in [0.4, 0.5) is 5.69 Å². The number of anilines is 1. The Balaban J connectivity index is 1.22. The first-order valence-corrected chi connectivity index (χ1v) is 11.4. The molecule has 1 amide bonds. The first-order valence-electron chi connectivity index (χ1n) is 11.4. The third-order valence-corrected chi connectivity index (χ3v) is 5.98. The molecule has 1 saturated carbocycles. The number of amides is 1. The molecule has 0 bridgehead atoms. The molecule has 1 aliphatic carbocycles. The second-order valence-electron chi connectivity index (χ2n) is 8.44. The lowest BCUT2D eigenvalue weighted by Gasteiger charge is -2.10. The molecule has 170 valence electrons. The van der Waals surface area contributed by atoms with E-state index in [1.807, 2.05) is 53.2 Å². The minimum absolute atomic E-state index is 0.290. The standard InChI is InChI=1S/C27H21N7O/c35-27(25-15-19(8-13-29-25)21-6-7-24(30-16-21)18-4-5-18)32-22-3-1-2-20(14-22)26-33-31-17-34(26)23-9-11-28-12-10-23/h1-3,6-18H,4-5H2,(H,32,35). The van der Waals surface area contributed by atoms with Crippen LogP contribution in [0.3, 0.4) is 0 Å². The highest BCUT2D eigenvalue weighted by Gasteiger charge is 2.24. The zero-order valence-corrected chi connectivity index (χ0v) is 18.7. The number of hydrogen-bond donors (Lipinski definition) is 1. The molecule has 4 aromatic heterocycles. The van der Waals surface area contributed by atoms with Crippen molar-refractivity contribution in [2.24, 2.45) is 0 Å². The van der Waals surface area contributed by atoms with E-state index in [0.29, 0.717) is 23.1 Å². The Kier molecular flexibility index (Phi) is 5.31. The lowest BCUT2D eigenvalue weighted by Crippen LogP contribution is -2.13. The van der Waals surface area contributed by atoms with E-state index in [9.17, 15) is 4.79 Å². The third kappa shape index (κ3) is 4.41. The number of pyridine rings is 3. The zero-order valence-electron chi connectivity index (χ0n) is 18.7. The van der Waals surface area contributed by atoms with Crippen molar-refractivity contribution in [3.8, 4) is 28.2 Å². The molecule has 6 rings (SSSR count). The average Bonchev–Trinajstić information content (AvgIpc) is 3.65. The van der Waals surface area contributed by atoms with Crippen molar-refractivity contribution in [2.45, 2.75) is 18.8 Å². The van der Waals surface area contributed by atoms with Gasteiger partial charge in [-0.1, -0.05) is 18.2 Å². The lowest BCUT2D eigenvalue weighted by atomic mass is 10.1. The van der Waals surface area contributed by atoms with Crippen LogP contribution in [-0.4, -0.2) is 35.6 Å². The van der Waals surface area contributed by atoms with Gasteiger partial charge in [-0.15, -0.1) is 10.2 Å². The molecule has 5 aromatic rings. The number of carbonyl (C=O) groups is 1. The summed E-state index contributed by atoms with van der Waals surface area (Å²) in [6.07, 6.45) is 11.0. The van der Waals surface area contributed by atoms with E-state index in [4.69, 9.17) is 0 Å². The Morgan fingerprint density at radius 2 is 1.77 bits per heavy atom. The van der Waals surface area contributed by atoms with Gasteiger partial charge in [0.1, 0.15) is 12.0 Å². The maximum Gasteiger partial charge on any atom is 0.274 e. The van der Waals surface area contributed by atoms with Crippen molar-refractivity contribution >= 4 is 11.6 Å². The van der Waals surface area contributed by atoms with Gasteiger partial charge < -0.3 is 5.32 Å². The number of nitrogens with one attached hydrogen (secondary N) is 1. The van der Waals surface area contributed by atoms with E-state index < -0.39 is 0 Å². The van der Waals surface area contributed by atoms with Gasteiger partial charge in [0, 0.05) is 53.2 Å². The van der Waals surface area contributed by atoms with Crippen LogP contribution >= 0.6 is 0 Å². The van der Waals surface area contributed by atoms with Crippen molar-refractivity contribution in [2.75, 3.05) is 5.32 Å². The summed E-state index contributed by atoms with van der Waals surface area (Å²) in [6, 6.07) is 19.1. The van der Waals surface area contributed by atoms with E-state index in [0.717, 1.165) is 28.1 Å². The molecule has 8 nitrogen and oxygen atoms in total. The van der Waals surface area contributed by atoms with Gasteiger partial charge in [0.25, 0.3) is 5.91 Å². The number of aromatic nitrogens is 6. The quantitative estimate of drug-likeness (QED) is 0.387. The topological polar surface area (TPSA) is 98.5 Å². The summed E-state index contributed by atoms with van der Waals surface area (Å²) < 4.78 is 1.87. The van der Waals surface area contributed by atoms with Gasteiger partial charge in [0.05, 0.1) is 5.69 Å². The van der Waals surface area contributed by atoms with Gasteiger partial charge in [-0.05, 0) is 60.9 Å². The summed E-state index contributed by atoms with van der Waals surface area (Å²) >= 11 is 0. The first kappa shape index (κ1) is 20.9. The van der Waals surface area contributed by atoms with Gasteiger partial charge >= 0.3 is 0 Å². The molecule has 0 radical (unpaired) electrons. The molecule has 0 aliphatic heterocycles. The second-order valence-corrected chi connectivity index (χ2v) is 8.44. The summed E-state index contributed by atoms with van der Waals surface area (Å²) in [4.78, 5) is 25.9. The van der Waals surface area contributed by atoms with Crippen molar-refractivity contribution < 1.29 is 4.79 Å². The van der Waals surface area contributed by atoms with E-state index in [-0.39, 0.29) is 5.91 Å². The summed E-state index contributed by atoms with van der Waals surface area (Å²) in [5, 5.41) is 11.3. The molecule has 1 fully saturated rings. The molecule has 0 saturated heterocycles. The molecule has 1 aromatic carbocycles. The van der Waals surface area contributed by atoms with Crippen LogP contribution in [0.5, 0.6) is 0 Å². The molecule has 1 aliphatic rings. The van der Waals surface area contributed by atoms with Crippen molar-refractivity contribution in [1.29, 1.82) is 0 Å². The molecule has 1 N–H and O–H groups in total. The normalized spacial score (nSPS) is 12.9. The molecular weight excluding hydrogens is 438 g/mol. The predicted molar refractivity (Wildman–Crippen MR) is 132 cm³/mol. The maximum atomic E-state index is 13.0. The Bertz CT molecular complexity index is 1490. The van der Waals surface area contributed by atoms with E-state index in [2.05, 4.69) is 42.6 Å². The summed E-state index contributed by atoms with van der Waals surface area (Å²) in [5.41, 5.74) is 5.69. The number of carbonyl (C=O) groups excluding carboxylic acids is 1. The molecule has 0 atom stereocenters. The number of benzene rings is 1. The van der Waals surface area contributed by atoms with Crippen molar-refractivity contribution in [3.63, 3.8) is 0 Å². The molecule has 4 heterocycles. The van der Waals surface area contributed by atoms with Gasteiger partial charge in [-0.25, -0.2) is 0 Å². The Hall–Kier alpha value is -4.72. The summed E-state index contributed by atoms with van der Waals surface area (Å²) in [5.74, 6) is 0.980. The summed E-state index contributed by atoms with van der Waals surface area (Å²) in [6.45, 7) is 0. The zero-order chi connectivity index (χ0) is 23.6. The van der Waals surface area contributed by atoms with Gasteiger partial charge in [0.15, 0.2) is 5.82 Å². The van der Waals surface area contributed by atoms with Crippen molar-refractivity contribution in [3.05, 3.63) is 103 Å². The summed E-state index contributed by atoms with van der Waals surface area (Å²) in [7, 11) is 0. The number of nitrogens with zero attached hydrogens (tertiary/aromatic N) is 6. The number of rotatable bonds is 6. The van der Waals surface area contributed by atoms with Gasteiger partial charge in [-0.3, -0.25) is 24.3 Å². The fourth-order valence-corrected chi connectivity index (χ4v) is 3.99. The van der Waals surface area contributed by atoms with Crippen molar-refractivity contribution in [1.82, 2.24) is 29.7 Å². The van der Waals surface area contributed by atoms with Gasteiger partial charge in [0.2, 0.25) is 0 Å². The van der Waals surface area contributed by atoms with Crippen LogP contribution in [0.1, 0.15) is 34.9 Å². The highest BCUT2D eigenvalue weighted by molar-refractivity contribution is 6.03. The average molecular weight is 460 g/mol.